The molecule has 0 aliphatic heterocycles. The van der Waals surface area contributed by atoms with E-state index in [1.54, 1.807) is 32.3 Å². The summed E-state index contributed by atoms with van der Waals surface area (Å²) in [4.78, 5) is 22.9. The number of hydrogen-bond acceptors (Lipinski definition) is 5. The Kier molecular flexibility index (Phi) is 3.20. The third kappa shape index (κ3) is 1.91. The molecule has 2 aromatic rings. The van der Waals surface area contributed by atoms with E-state index in [0.29, 0.717) is 16.7 Å². The Morgan fingerprint density at radius 2 is 2.22 bits per heavy atom. The molecule has 1 unspecified atom stereocenters. The number of likely N-dealkylation sites (N-methyl/N-ethyl adjacent to an activating group) is 1. The molecule has 0 saturated heterocycles. The first kappa shape index (κ1) is 12.4. The Labute approximate surface area is 103 Å². The molecular formula is C12H14N2O4. The number of rotatable bonds is 3. The van der Waals surface area contributed by atoms with E-state index >= 15 is 0 Å². The third-order valence-corrected chi connectivity index (χ3v) is 2.88. The molecule has 0 radical (unpaired) electrons. The van der Waals surface area contributed by atoms with E-state index in [2.05, 4.69) is 5.32 Å². The van der Waals surface area contributed by atoms with Crippen LogP contribution in [0.3, 0.4) is 0 Å². The van der Waals surface area contributed by atoms with Crippen LogP contribution >= 0.6 is 0 Å². The summed E-state index contributed by atoms with van der Waals surface area (Å²) in [5, 5.41) is 2.85. The lowest BCUT2D eigenvalue weighted by molar-refractivity contribution is -0.143. The molecule has 0 fully saturated rings. The van der Waals surface area contributed by atoms with Gasteiger partial charge in [0.2, 0.25) is 0 Å². The molecule has 1 atom stereocenters. The number of nitrogens with one attached hydrogen (secondary N) is 1. The van der Waals surface area contributed by atoms with Crippen molar-refractivity contribution in [3.05, 3.63) is 34.3 Å². The molecule has 2 rings (SSSR count). The van der Waals surface area contributed by atoms with Crippen molar-refractivity contribution in [1.29, 1.82) is 0 Å². The minimum atomic E-state index is -0.579. The molecule has 1 aromatic heterocycles. The van der Waals surface area contributed by atoms with Gasteiger partial charge < -0.3 is 14.5 Å². The Balaban J connectivity index is 2.52. The van der Waals surface area contributed by atoms with Gasteiger partial charge in [-0.1, -0.05) is 6.07 Å². The van der Waals surface area contributed by atoms with Gasteiger partial charge in [0.25, 0.3) is 0 Å². The van der Waals surface area contributed by atoms with Gasteiger partial charge in [-0.15, -0.1) is 0 Å². The number of methoxy groups -OCH3 is 1. The number of aryl methyl sites for hydroxylation is 1. The van der Waals surface area contributed by atoms with Gasteiger partial charge in [0.05, 0.1) is 12.6 Å². The number of fused-ring (bicyclic) bond motifs is 1. The van der Waals surface area contributed by atoms with E-state index < -0.39 is 17.8 Å². The van der Waals surface area contributed by atoms with Gasteiger partial charge in [-0.3, -0.25) is 4.57 Å². The fourth-order valence-electron chi connectivity index (χ4n) is 1.87. The zero-order valence-electron chi connectivity index (χ0n) is 10.4. The first-order valence-electron chi connectivity index (χ1n) is 5.43. The second kappa shape index (κ2) is 4.66. The highest BCUT2D eigenvalue weighted by atomic mass is 16.5. The Hall–Kier alpha value is -2.08. The number of hydrogen-bond donors (Lipinski definition) is 1. The maximum atomic E-state index is 11.6. The summed E-state index contributed by atoms with van der Waals surface area (Å²) >= 11 is 0. The fraction of sp³-hybridized carbons (Fsp3) is 0.333. The largest absolute Gasteiger partial charge is 0.468 e. The van der Waals surface area contributed by atoms with Gasteiger partial charge in [0.1, 0.15) is 6.04 Å². The van der Waals surface area contributed by atoms with Crippen molar-refractivity contribution >= 4 is 17.1 Å². The molecule has 1 heterocycles. The van der Waals surface area contributed by atoms with Crippen LogP contribution in [0.4, 0.5) is 0 Å². The number of ether oxygens (including phenoxy) is 1. The smallest absolute Gasteiger partial charge is 0.419 e. The first-order chi connectivity index (χ1) is 8.58. The molecule has 18 heavy (non-hydrogen) atoms. The normalized spacial score (nSPS) is 12.6. The van der Waals surface area contributed by atoms with Crippen molar-refractivity contribution in [1.82, 2.24) is 9.88 Å². The number of oxazole rings is 1. The quantitative estimate of drug-likeness (QED) is 0.806. The minimum absolute atomic E-state index is 0.393. The summed E-state index contributed by atoms with van der Waals surface area (Å²) in [5.41, 5.74) is 1.82. The van der Waals surface area contributed by atoms with Crippen LogP contribution in [0.25, 0.3) is 11.1 Å². The van der Waals surface area contributed by atoms with Gasteiger partial charge >= 0.3 is 11.7 Å². The highest BCUT2D eigenvalue weighted by Crippen LogP contribution is 2.20. The second-order valence-corrected chi connectivity index (χ2v) is 3.90. The molecule has 6 nitrogen and oxygen atoms in total. The molecule has 0 amide bonds. The molecule has 0 saturated carbocycles. The van der Waals surface area contributed by atoms with Gasteiger partial charge in [-0.2, -0.15) is 0 Å². The predicted molar refractivity (Wildman–Crippen MR) is 65.3 cm³/mol. The van der Waals surface area contributed by atoms with Gasteiger partial charge in [-0.05, 0) is 24.7 Å². The number of carbonyl (C=O) groups is 1. The number of aromatic nitrogens is 1. The van der Waals surface area contributed by atoms with Crippen LogP contribution < -0.4 is 11.1 Å². The van der Waals surface area contributed by atoms with Crippen LogP contribution in [0.1, 0.15) is 11.6 Å². The van der Waals surface area contributed by atoms with Crippen molar-refractivity contribution in [3.8, 4) is 0 Å². The van der Waals surface area contributed by atoms with Gasteiger partial charge in [0, 0.05) is 7.05 Å². The SMILES string of the molecule is CNC(C(=O)OC)c1ccc2c(c1)oc(=O)n2C. The molecule has 6 heteroatoms. The summed E-state index contributed by atoms with van der Waals surface area (Å²) < 4.78 is 11.2. The zero-order chi connectivity index (χ0) is 13.3. The van der Waals surface area contributed by atoms with E-state index in [1.807, 2.05) is 0 Å². The lowest BCUT2D eigenvalue weighted by Crippen LogP contribution is -2.26. The summed E-state index contributed by atoms with van der Waals surface area (Å²) in [5.74, 6) is -0.823. The van der Waals surface area contributed by atoms with Crippen LogP contribution in [-0.4, -0.2) is 24.7 Å². The first-order valence-corrected chi connectivity index (χ1v) is 5.43. The standard InChI is InChI=1S/C12H14N2O4/c1-13-10(11(15)17-3)7-4-5-8-9(6-7)18-12(16)14(8)2/h4-6,10,13H,1-3H3. The van der Waals surface area contributed by atoms with Gasteiger partial charge in [-0.25, -0.2) is 9.59 Å². The topological polar surface area (TPSA) is 73.5 Å². The van der Waals surface area contributed by atoms with E-state index in [4.69, 9.17) is 9.15 Å². The van der Waals surface area contributed by atoms with Crippen LogP contribution in [-0.2, 0) is 16.6 Å². The molecule has 96 valence electrons. The van der Waals surface area contributed by atoms with E-state index in [-0.39, 0.29) is 0 Å². The minimum Gasteiger partial charge on any atom is -0.468 e. The highest BCUT2D eigenvalue weighted by molar-refractivity contribution is 5.80. The number of nitrogens with zero attached hydrogens (tertiary/aromatic N) is 1. The molecular weight excluding hydrogens is 236 g/mol. The van der Waals surface area contributed by atoms with Crippen LogP contribution in [0, 0.1) is 0 Å². The zero-order valence-corrected chi connectivity index (χ0v) is 10.4. The number of benzene rings is 1. The lowest BCUT2D eigenvalue weighted by atomic mass is 10.1. The average molecular weight is 250 g/mol. The lowest BCUT2D eigenvalue weighted by Gasteiger charge is -2.13. The molecule has 0 aliphatic rings. The Bertz CT molecular complexity index is 641. The maximum Gasteiger partial charge on any atom is 0.419 e. The van der Waals surface area contributed by atoms with Crippen molar-refractivity contribution in [2.45, 2.75) is 6.04 Å². The van der Waals surface area contributed by atoms with Gasteiger partial charge in [0.15, 0.2) is 5.58 Å². The summed E-state index contributed by atoms with van der Waals surface area (Å²) in [6.45, 7) is 0. The molecule has 0 aliphatic carbocycles. The molecule has 0 bridgehead atoms. The van der Waals surface area contributed by atoms with Crippen molar-refractivity contribution in [2.75, 3.05) is 14.2 Å². The Morgan fingerprint density at radius 1 is 1.50 bits per heavy atom. The molecule has 0 spiro atoms. The number of esters is 1. The monoisotopic (exact) mass is 250 g/mol. The highest BCUT2D eigenvalue weighted by Gasteiger charge is 2.20. The predicted octanol–water partition coefficient (Wildman–Crippen LogP) is 0.565. The molecule has 1 N–H and O–H groups in total. The molecule has 1 aromatic carbocycles. The van der Waals surface area contributed by atoms with Crippen LogP contribution in [0.5, 0.6) is 0 Å². The van der Waals surface area contributed by atoms with E-state index in [0.717, 1.165) is 0 Å². The van der Waals surface area contributed by atoms with E-state index in [9.17, 15) is 9.59 Å². The fourth-order valence-corrected chi connectivity index (χ4v) is 1.87. The Morgan fingerprint density at radius 3 is 2.83 bits per heavy atom. The van der Waals surface area contributed by atoms with E-state index in [1.165, 1.54) is 11.7 Å². The van der Waals surface area contributed by atoms with Crippen molar-refractivity contribution < 1.29 is 13.9 Å². The second-order valence-electron chi connectivity index (χ2n) is 3.90. The third-order valence-electron chi connectivity index (χ3n) is 2.88. The maximum absolute atomic E-state index is 11.6. The van der Waals surface area contributed by atoms with Crippen LogP contribution in [0.15, 0.2) is 27.4 Å². The van der Waals surface area contributed by atoms with Crippen molar-refractivity contribution in [3.63, 3.8) is 0 Å². The van der Waals surface area contributed by atoms with Crippen LogP contribution in [0.2, 0.25) is 0 Å². The summed E-state index contributed by atoms with van der Waals surface area (Å²) in [6, 6.07) is 4.58. The summed E-state index contributed by atoms with van der Waals surface area (Å²) in [6.07, 6.45) is 0. The average Bonchev–Trinajstić information content (AvgIpc) is 2.65. The summed E-state index contributed by atoms with van der Waals surface area (Å²) in [7, 11) is 4.62. The number of carbonyl (C=O) groups excluding carboxylic acids is 1. The van der Waals surface area contributed by atoms with Crippen molar-refractivity contribution in [2.24, 2.45) is 7.05 Å².